The van der Waals surface area contributed by atoms with Crippen molar-refractivity contribution in [1.29, 1.82) is 0 Å². The van der Waals surface area contributed by atoms with Crippen molar-refractivity contribution < 1.29 is 5.11 Å². The molecule has 0 bridgehead atoms. The number of hydrogen-bond donors (Lipinski definition) is 1. The summed E-state index contributed by atoms with van der Waals surface area (Å²) in [6, 6.07) is 14.1. The van der Waals surface area contributed by atoms with Crippen LogP contribution in [0.3, 0.4) is 0 Å². The summed E-state index contributed by atoms with van der Waals surface area (Å²) in [5, 5.41) is 10.1. The third kappa shape index (κ3) is 2.26. The zero-order chi connectivity index (χ0) is 13.3. The second-order valence-corrected chi connectivity index (χ2v) is 5.75. The predicted octanol–water partition coefficient (Wildman–Crippen LogP) is 4.67. The fourth-order valence-corrected chi connectivity index (χ4v) is 2.57. The second-order valence-electron chi connectivity index (χ2n) is 5.75. The van der Waals surface area contributed by atoms with Gasteiger partial charge < -0.3 is 5.11 Å². The summed E-state index contributed by atoms with van der Waals surface area (Å²) in [6.07, 6.45) is 0. The summed E-state index contributed by atoms with van der Waals surface area (Å²) >= 11 is 0. The third-order valence-corrected chi connectivity index (χ3v) is 3.28. The first-order valence-corrected chi connectivity index (χ1v) is 6.29. The highest BCUT2D eigenvalue weighted by Gasteiger charge is 2.22. The average molecular weight is 240 g/mol. The molecule has 0 radical (unpaired) electrons. The van der Waals surface area contributed by atoms with Gasteiger partial charge in [-0.1, -0.05) is 57.2 Å². The van der Waals surface area contributed by atoms with Gasteiger partial charge in [0.1, 0.15) is 5.75 Å². The van der Waals surface area contributed by atoms with Crippen molar-refractivity contribution in [3.05, 3.63) is 53.6 Å². The molecule has 2 aromatic rings. The van der Waals surface area contributed by atoms with Gasteiger partial charge in [0.15, 0.2) is 0 Å². The summed E-state index contributed by atoms with van der Waals surface area (Å²) in [5.74, 6) is 0.389. The lowest BCUT2D eigenvalue weighted by atomic mass is 9.81. The van der Waals surface area contributed by atoms with Crippen LogP contribution in [0.15, 0.2) is 42.5 Å². The Morgan fingerprint density at radius 1 is 0.889 bits per heavy atom. The highest BCUT2D eigenvalue weighted by molar-refractivity contribution is 5.70. The van der Waals surface area contributed by atoms with Gasteiger partial charge in [0, 0.05) is 5.56 Å². The monoisotopic (exact) mass is 240 g/mol. The lowest BCUT2D eigenvalue weighted by molar-refractivity contribution is 0.445. The Morgan fingerprint density at radius 2 is 1.50 bits per heavy atom. The van der Waals surface area contributed by atoms with Crippen LogP contribution in [0, 0.1) is 6.92 Å². The maximum atomic E-state index is 10.1. The molecule has 0 aromatic heterocycles. The van der Waals surface area contributed by atoms with Gasteiger partial charge in [-0.05, 0) is 35.1 Å². The first-order valence-electron chi connectivity index (χ1n) is 6.29. The van der Waals surface area contributed by atoms with Crippen molar-refractivity contribution in [3.63, 3.8) is 0 Å². The lowest BCUT2D eigenvalue weighted by Gasteiger charge is -2.24. The molecule has 2 aromatic carbocycles. The fraction of sp³-hybridized carbons (Fsp3) is 0.294. The maximum Gasteiger partial charge on any atom is 0.119 e. The van der Waals surface area contributed by atoms with Crippen molar-refractivity contribution in [1.82, 2.24) is 0 Å². The molecule has 18 heavy (non-hydrogen) atoms. The maximum absolute atomic E-state index is 10.1. The number of rotatable bonds is 1. The number of hydrogen-bond acceptors (Lipinski definition) is 1. The zero-order valence-electron chi connectivity index (χ0n) is 11.5. The Kier molecular flexibility index (Phi) is 3.16. The van der Waals surface area contributed by atoms with E-state index in [1.54, 1.807) is 6.07 Å². The normalized spacial score (nSPS) is 11.6. The summed E-state index contributed by atoms with van der Waals surface area (Å²) in [5.41, 5.74) is 4.52. The van der Waals surface area contributed by atoms with Gasteiger partial charge in [-0.3, -0.25) is 0 Å². The highest BCUT2D eigenvalue weighted by Crippen LogP contribution is 2.38. The van der Waals surface area contributed by atoms with Gasteiger partial charge in [0.25, 0.3) is 0 Å². The van der Waals surface area contributed by atoms with Crippen molar-refractivity contribution in [2.45, 2.75) is 33.1 Å². The minimum atomic E-state index is -0.0566. The van der Waals surface area contributed by atoms with E-state index >= 15 is 0 Å². The molecule has 0 aliphatic heterocycles. The third-order valence-electron chi connectivity index (χ3n) is 3.28. The topological polar surface area (TPSA) is 20.2 Å². The van der Waals surface area contributed by atoms with E-state index in [1.807, 2.05) is 24.3 Å². The van der Waals surface area contributed by atoms with Crippen LogP contribution in [0.1, 0.15) is 31.9 Å². The molecule has 0 aliphatic carbocycles. The first kappa shape index (κ1) is 12.7. The number of benzene rings is 2. The summed E-state index contributed by atoms with van der Waals surface area (Å²) in [7, 11) is 0. The van der Waals surface area contributed by atoms with Crippen LogP contribution in [0.5, 0.6) is 5.75 Å². The average Bonchev–Trinajstić information content (AvgIpc) is 2.28. The van der Waals surface area contributed by atoms with E-state index < -0.39 is 0 Å². The number of phenolic OH excluding ortho intramolecular Hbond substituents is 1. The molecule has 1 heteroatoms. The SMILES string of the molecule is Cc1c(-c2ccccc2)ccc(O)c1C(C)(C)C. The van der Waals surface area contributed by atoms with Gasteiger partial charge in [-0.2, -0.15) is 0 Å². The predicted molar refractivity (Wildman–Crippen MR) is 77.0 cm³/mol. The molecule has 1 N–H and O–H groups in total. The van der Waals surface area contributed by atoms with Crippen LogP contribution >= 0.6 is 0 Å². The standard InChI is InChI=1S/C17H20O/c1-12-14(13-8-6-5-7-9-13)10-11-15(18)16(12)17(2,3)4/h5-11,18H,1-4H3. The summed E-state index contributed by atoms with van der Waals surface area (Å²) in [4.78, 5) is 0. The highest BCUT2D eigenvalue weighted by atomic mass is 16.3. The summed E-state index contributed by atoms with van der Waals surface area (Å²) < 4.78 is 0. The zero-order valence-corrected chi connectivity index (χ0v) is 11.5. The van der Waals surface area contributed by atoms with Crippen LogP contribution in [-0.2, 0) is 5.41 Å². The minimum Gasteiger partial charge on any atom is -0.508 e. The molecule has 2 rings (SSSR count). The van der Waals surface area contributed by atoms with E-state index in [0.717, 1.165) is 11.1 Å². The second kappa shape index (κ2) is 4.49. The largest absolute Gasteiger partial charge is 0.508 e. The Hall–Kier alpha value is -1.76. The van der Waals surface area contributed by atoms with Gasteiger partial charge in [-0.15, -0.1) is 0 Å². The molecule has 0 saturated carbocycles. The molecule has 0 atom stereocenters. The number of phenols is 1. The van der Waals surface area contributed by atoms with E-state index in [4.69, 9.17) is 0 Å². The Bertz CT molecular complexity index is 548. The molecular formula is C17H20O. The van der Waals surface area contributed by atoms with Crippen LogP contribution in [0.4, 0.5) is 0 Å². The van der Waals surface area contributed by atoms with Gasteiger partial charge in [-0.25, -0.2) is 0 Å². The van der Waals surface area contributed by atoms with Crippen LogP contribution in [0.2, 0.25) is 0 Å². The van der Waals surface area contributed by atoms with Crippen molar-refractivity contribution in [3.8, 4) is 16.9 Å². The van der Waals surface area contributed by atoms with E-state index in [0.29, 0.717) is 5.75 Å². The van der Waals surface area contributed by atoms with Gasteiger partial charge in [0.05, 0.1) is 0 Å². The smallest absolute Gasteiger partial charge is 0.119 e. The molecule has 0 heterocycles. The van der Waals surface area contributed by atoms with Crippen molar-refractivity contribution in [2.24, 2.45) is 0 Å². The number of aromatic hydroxyl groups is 1. The Morgan fingerprint density at radius 3 is 2.06 bits per heavy atom. The first-order chi connectivity index (χ1) is 8.41. The van der Waals surface area contributed by atoms with E-state index in [1.165, 1.54) is 11.1 Å². The Balaban J connectivity index is 2.66. The molecule has 0 saturated heterocycles. The van der Waals surface area contributed by atoms with Gasteiger partial charge in [0.2, 0.25) is 0 Å². The van der Waals surface area contributed by atoms with Crippen LogP contribution in [-0.4, -0.2) is 5.11 Å². The van der Waals surface area contributed by atoms with E-state index in [-0.39, 0.29) is 5.41 Å². The molecule has 1 nitrogen and oxygen atoms in total. The van der Waals surface area contributed by atoms with Gasteiger partial charge >= 0.3 is 0 Å². The van der Waals surface area contributed by atoms with Crippen LogP contribution < -0.4 is 0 Å². The minimum absolute atomic E-state index is 0.0566. The van der Waals surface area contributed by atoms with Crippen molar-refractivity contribution >= 4 is 0 Å². The lowest BCUT2D eigenvalue weighted by Crippen LogP contribution is -2.14. The molecule has 0 spiro atoms. The Labute approximate surface area is 109 Å². The summed E-state index contributed by atoms with van der Waals surface area (Å²) in [6.45, 7) is 8.47. The molecular weight excluding hydrogens is 220 g/mol. The molecule has 0 fully saturated rings. The van der Waals surface area contributed by atoms with E-state index in [9.17, 15) is 5.11 Å². The quantitative estimate of drug-likeness (QED) is 0.768. The van der Waals surface area contributed by atoms with Crippen LogP contribution in [0.25, 0.3) is 11.1 Å². The molecule has 0 amide bonds. The fourth-order valence-electron chi connectivity index (χ4n) is 2.57. The van der Waals surface area contributed by atoms with E-state index in [2.05, 4.69) is 39.8 Å². The molecule has 94 valence electrons. The molecule has 0 unspecified atom stereocenters. The van der Waals surface area contributed by atoms with Crippen molar-refractivity contribution in [2.75, 3.05) is 0 Å². The molecule has 0 aliphatic rings.